The zero-order valence-electron chi connectivity index (χ0n) is 6.14. The molecule has 0 fully saturated rings. The molecule has 0 aliphatic carbocycles. The van der Waals surface area contributed by atoms with E-state index in [2.05, 4.69) is 14.1 Å². The van der Waals surface area contributed by atoms with Gasteiger partial charge in [-0.1, -0.05) is 32.5 Å². The van der Waals surface area contributed by atoms with E-state index in [4.69, 9.17) is 7.74 Å². The van der Waals surface area contributed by atoms with Gasteiger partial charge >= 0.3 is 0 Å². The minimum Gasteiger partial charge on any atom is -0.0895 e. The average molecular weight is 114 g/mol. The average Bonchev–Trinajstić information content (AvgIpc) is 1.89. The predicted octanol–water partition coefficient (Wildman–Crippen LogP) is 0.621. The van der Waals surface area contributed by atoms with Gasteiger partial charge in [-0.2, -0.15) is 0 Å². The van der Waals surface area contributed by atoms with Crippen LogP contribution >= 0.6 is 0 Å². The van der Waals surface area contributed by atoms with Gasteiger partial charge in [0.1, 0.15) is 0 Å². The molecule has 0 unspecified atom stereocenters. The smallest absolute Gasteiger partial charge is 0.0544 e. The summed E-state index contributed by atoms with van der Waals surface area (Å²) in [5.74, 6) is 0. The molecule has 0 aromatic heterocycles. The topological polar surface area (TPSA) is 0 Å². The molecule has 0 heterocycles. The van der Waals surface area contributed by atoms with Crippen LogP contribution in [-0.2, 0) is 0 Å². The summed E-state index contributed by atoms with van der Waals surface area (Å²) >= 11 is 0. The first-order chi connectivity index (χ1) is 4.41. The maximum Gasteiger partial charge on any atom is 0.0544 e. The van der Waals surface area contributed by atoms with E-state index >= 15 is 0 Å². The zero-order valence-corrected chi connectivity index (χ0v) is 6.14. The minimum absolute atomic E-state index is 1.17. The maximum absolute atomic E-state index is 5.13. The Morgan fingerprint density at radius 2 is 2.11 bits per heavy atom. The Hall–Kier alpha value is 0.260. The summed E-state index contributed by atoms with van der Waals surface area (Å²) in [6.07, 6.45) is 5.08. The second-order valence-electron chi connectivity index (χ2n) is 2.12. The van der Waals surface area contributed by atoms with Crippen LogP contribution in [0.4, 0.5) is 0 Å². The molecule has 0 saturated heterocycles. The lowest BCUT2D eigenvalue weighted by Crippen LogP contribution is -2.11. The molecule has 0 atom stereocenters. The highest BCUT2D eigenvalue weighted by atomic mass is 13.8. The molecule has 0 aliphatic heterocycles. The Morgan fingerprint density at radius 3 is 2.67 bits per heavy atom. The largest absolute Gasteiger partial charge is 0.0895 e. The van der Waals surface area contributed by atoms with Gasteiger partial charge in [0.2, 0.25) is 0 Å². The summed E-state index contributed by atoms with van der Waals surface area (Å²) in [7, 11) is 10.7. The van der Waals surface area contributed by atoms with Gasteiger partial charge in [0, 0.05) is 21.9 Å². The van der Waals surface area contributed by atoms with Crippen LogP contribution in [0, 0.1) is 0 Å². The molecular formula is C5H11B4. The summed E-state index contributed by atoms with van der Waals surface area (Å²) in [6.45, 7) is 2.21. The lowest BCUT2D eigenvalue weighted by Gasteiger charge is -1.94. The SMILES string of the molecule is [B][B][B][B]CCCCC. The molecule has 5 radical (unpaired) electrons. The van der Waals surface area contributed by atoms with Crippen molar-refractivity contribution in [1.82, 2.24) is 0 Å². The Balaban J connectivity index is 2.60. The molecule has 0 saturated carbocycles. The van der Waals surface area contributed by atoms with E-state index in [0.717, 1.165) is 0 Å². The zero-order chi connectivity index (χ0) is 6.95. The molecule has 0 N–H and O–H groups in total. The highest BCUT2D eigenvalue weighted by Crippen LogP contribution is 1.96. The standard InChI is InChI=1S/C5H11B4/c1-2-3-4-5-7-9-8-6/h2-5H2,1H3. The van der Waals surface area contributed by atoms with Crippen molar-refractivity contribution in [2.75, 3.05) is 0 Å². The van der Waals surface area contributed by atoms with Crippen LogP contribution in [0.15, 0.2) is 0 Å². The van der Waals surface area contributed by atoms with Crippen LogP contribution in [0.25, 0.3) is 0 Å². The predicted molar refractivity (Wildman–Crippen MR) is 47.3 cm³/mol. The third-order valence-electron chi connectivity index (χ3n) is 1.22. The fraction of sp³-hybridized carbons (Fsp3) is 1.00. The van der Waals surface area contributed by atoms with Gasteiger partial charge in [0.05, 0.1) is 7.17 Å². The Morgan fingerprint density at radius 1 is 1.33 bits per heavy atom. The Kier molecular flexibility index (Phi) is 8.50. The third-order valence-corrected chi connectivity index (χ3v) is 1.22. The second-order valence-corrected chi connectivity index (χ2v) is 2.12. The van der Waals surface area contributed by atoms with Gasteiger partial charge in [0.25, 0.3) is 0 Å². The fourth-order valence-electron chi connectivity index (χ4n) is 0.687. The van der Waals surface area contributed by atoms with Crippen molar-refractivity contribution >= 4 is 29.0 Å². The van der Waals surface area contributed by atoms with Crippen LogP contribution < -0.4 is 0 Å². The van der Waals surface area contributed by atoms with Crippen LogP contribution in [0.2, 0.25) is 6.32 Å². The first-order valence-electron chi connectivity index (χ1n) is 3.62. The summed E-state index contributed by atoms with van der Waals surface area (Å²) in [6, 6.07) is 0. The minimum atomic E-state index is 1.17. The van der Waals surface area contributed by atoms with Crippen molar-refractivity contribution in [2.45, 2.75) is 32.5 Å². The monoisotopic (exact) mass is 115 g/mol. The van der Waals surface area contributed by atoms with Gasteiger partial charge in [0.15, 0.2) is 0 Å². The molecule has 0 spiro atoms. The molecule has 9 heavy (non-hydrogen) atoms. The van der Waals surface area contributed by atoms with Gasteiger partial charge < -0.3 is 0 Å². The number of unbranched alkanes of at least 4 members (excludes halogenated alkanes) is 2. The van der Waals surface area contributed by atoms with Crippen molar-refractivity contribution < 1.29 is 0 Å². The number of hydrogen-bond acceptors (Lipinski definition) is 0. The van der Waals surface area contributed by atoms with Gasteiger partial charge in [-0.05, 0) is 0 Å². The van der Waals surface area contributed by atoms with E-state index in [-0.39, 0.29) is 0 Å². The second kappa shape index (κ2) is 8.26. The van der Waals surface area contributed by atoms with Crippen LogP contribution in [0.3, 0.4) is 0 Å². The number of hydrogen-bond donors (Lipinski definition) is 0. The van der Waals surface area contributed by atoms with Crippen molar-refractivity contribution in [3.8, 4) is 0 Å². The summed E-state index contributed by atoms with van der Waals surface area (Å²) < 4.78 is 0. The normalized spacial score (nSPS) is 8.56. The molecule has 0 aliphatic rings. The highest BCUT2D eigenvalue weighted by Gasteiger charge is 1.88. The molecule has 0 bridgehead atoms. The lowest BCUT2D eigenvalue weighted by molar-refractivity contribution is 0.770. The van der Waals surface area contributed by atoms with Gasteiger partial charge in [-0.25, -0.2) is 0 Å². The van der Waals surface area contributed by atoms with E-state index in [0.29, 0.717) is 0 Å². The first kappa shape index (κ1) is 9.26. The van der Waals surface area contributed by atoms with E-state index in [1.807, 2.05) is 7.06 Å². The lowest BCUT2D eigenvalue weighted by atomic mass is 9.12. The fourth-order valence-corrected chi connectivity index (χ4v) is 0.687. The van der Waals surface area contributed by atoms with Crippen molar-refractivity contribution in [1.29, 1.82) is 0 Å². The van der Waals surface area contributed by atoms with Crippen molar-refractivity contribution in [3.63, 3.8) is 0 Å². The molecule has 0 aromatic rings. The third kappa shape index (κ3) is 8.26. The molecular weight excluding hydrogens is 103 g/mol. The molecule has 4 heteroatoms. The Bertz CT molecular complexity index is 42.2. The Labute approximate surface area is 62.3 Å². The highest BCUT2D eigenvalue weighted by molar-refractivity contribution is 7.41. The summed E-state index contributed by atoms with van der Waals surface area (Å²) in [5.41, 5.74) is 0. The molecule has 0 rings (SSSR count). The summed E-state index contributed by atoms with van der Waals surface area (Å²) in [5, 5.41) is 0. The molecule has 43 valence electrons. The van der Waals surface area contributed by atoms with Crippen LogP contribution in [0.5, 0.6) is 0 Å². The van der Waals surface area contributed by atoms with Crippen molar-refractivity contribution in [3.05, 3.63) is 0 Å². The van der Waals surface area contributed by atoms with Gasteiger partial charge in [-0.3, -0.25) is 0 Å². The quantitative estimate of drug-likeness (QED) is 0.351. The van der Waals surface area contributed by atoms with E-state index in [1.165, 1.54) is 25.6 Å². The van der Waals surface area contributed by atoms with E-state index < -0.39 is 0 Å². The van der Waals surface area contributed by atoms with E-state index in [1.54, 1.807) is 7.06 Å². The van der Waals surface area contributed by atoms with Crippen molar-refractivity contribution in [2.24, 2.45) is 0 Å². The number of rotatable bonds is 6. The summed E-state index contributed by atoms with van der Waals surface area (Å²) in [4.78, 5) is 0. The molecule has 0 nitrogen and oxygen atoms in total. The van der Waals surface area contributed by atoms with Crippen LogP contribution in [0.1, 0.15) is 26.2 Å². The van der Waals surface area contributed by atoms with Crippen LogP contribution in [-0.4, -0.2) is 29.0 Å². The molecule has 0 aromatic carbocycles. The first-order valence-corrected chi connectivity index (χ1v) is 3.62. The maximum atomic E-state index is 5.13. The van der Waals surface area contributed by atoms with Gasteiger partial charge in [-0.15, -0.1) is 0 Å². The molecule has 0 amide bonds. The van der Waals surface area contributed by atoms with E-state index in [9.17, 15) is 0 Å².